The van der Waals surface area contributed by atoms with Crippen LogP contribution in [-0.2, 0) is 6.54 Å². The van der Waals surface area contributed by atoms with Crippen LogP contribution in [0.5, 0.6) is 0 Å². The van der Waals surface area contributed by atoms with Gasteiger partial charge in [-0.05, 0) is 4.92 Å². The highest BCUT2D eigenvalue weighted by Gasteiger charge is 2.16. The molecule has 8 heteroatoms. The Balaban J connectivity index is 2.46. The van der Waals surface area contributed by atoms with Crippen LogP contribution in [0.4, 0.5) is 5.95 Å². The van der Waals surface area contributed by atoms with Crippen LogP contribution in [0.2, 0.25) is 0 Å². The summed E-state index contributed by atoms with van der Waals surface area (Å²) in [5, 5.41) is 23.9. The summed E-state index contributed by atoms with van der Waals surface area (Å²) in [6, 6.07) is 0. The lowest BCUT2D eigenvalue weighted by atomic mass is 10.3. The molecule has 1 rings (SSSR count). The van der Waals surface area contributed by atoms with Gasteiger partial charge in [-0.1, -0.05) is 20.9 Å². The first-order chi connectivity index (χ1) is 7.65. The number of nitrogens with one attached hydrogen (secondary N) is 1. The maximum Gasteiger partial charge on any atom is 0.434 e. The Morgan fingerprint density at radius 3 is 3.12 bits per heavy atom. The van der Waals surface area contributed by atoms with Crippen LogP contribution in [0, 0.1) is 10.1 Å². The summed E-state index contributed by atoms with van der Waals surface area (Å²) in [6.07, 6.45) is 2.15. The molecular weight excluding hydrogens is 280 g/mol. The molecular formula is C8H13BrN4O3. The van der Waals surface area contributed by atoms with E-state index in [0.717, 1.165) is 11.9 Å². The number of rotatable bonds is 7. The van der Waals surface area contributed by atoms with E-state index in [1.807, 2.05) is 0 Å². The Labute approximate surface area is 101 Å². The predicted molar refractivity (Wildman–Crippen MR) is 61.6 cm³/mol. The molecule has 16 heavy (non-hydrogen) atoms. The molecule has 0 aliphatic carbocycles. The van der Waals surface area contributed by atoms with Gasteiger partial charge in [-0.2, -0.15) is 0 Å². The van der Waals surface area contributed by atoms with Crippen LogP contribution >= 0.6 is 15.9 Å². The molecule has 0 aliphatic heterocycles. The summed E-state index contributed by atoms with van der Waals surface area (Å²) in [5.41, 5.74) is 0. The standard InChI is InChI=1S/C8H13BrN4O3/c9-1-2-10-5-7(14)6-12-4-3-11-8(12)13(15)16/h3-4,7,10,14H,1-2,5-6H2/t7-/m1/s1. The van der Waals surface area contributed by atoms with Crippen molar-refractivity contribution in [1.29, 1.82) is 0 Å². The van der Waals surface area contributed by atoms with Crippen LogP contribution in [-0.4, -0.2) is 44.1 Å². The minimum atomic E-state index is -0.674. The number of hydrogen-bond donors (Lipinski definition) is 2. The van der Waals surface area contributed by atoms with Gasteiger partial charge in [0.15, 0.2) is 0 Å². The molecule has 1 aromatic heterocycles. The normalized spacial score (nSPS) is 12.6. The highest BCUT2D eigenvalue weighted by Crippen LogP contribution is 2.07. The van der Waals surface area contributed by atoms with Crippen LogP contribution in [0.1, 0.15) is 0 Å². The first-order valence-corrected chi connectivity index (χ1v) is 5.87. The first-order valence-electron chi connectivity index (χ1n) is 4.75. The zero-order valence-corrected chi connectivity index (χ0v) is 10.1. The number of nitrogens with zero attached hydrogens (tertiary/aromatic N) is 3. The zero-order chi connectivity index (χ0) is 12.0. The van der Waals surface area contributed by atoms with E-state index >= 15 is 0 Å². The summed E-state index contributed by atoms with van der Waals surface area (Å²) >= 11 is 3.24. The number of aliphatic hydroxyl groups excluding tert-OH is 1. The van der Waals surface area contributed by atoms with Gasteiger partial charge in [0.2, 0.25) is 0 Å². The molecule has 90 valence electrons. The first kappa shape index (κ1) is 13.1. The lowest BCUT2D eigenvalue weighted by Crippen LogP contribution is -2.31. The van der Waals surface area contributed by atoms with Crippen molar-refractivity contribution in [2.75, 3.05) is 18.4 Å². The Hall–Kier alpha value is -0.990. The highest BCUT2D eigenvalue weighted by atomic mass is 79.9. The smallest absolute Gasteiger partial charge is 0.390 e. The second-order valence-electron chi connectivity index (χ2n) is 3.18. The predicted octanol–water partition coefficient (Wildman–Crippen LogP) is 0.137. The van der Waals surface area contributed by atoms with Gasteiger partial charge in [0.25, 0.3) is 0 Å². The topological polar surface area (TPSA) is 93.2 Å². The van der Waals surface area contributed by atoms with E-state index in [-0.39, 0.29) is 12.5 Å². The monoisotopic (exact) mass is 292 g/mol. The van der Waals surface area contributed by atoms with Gasteiger partial charge >= 0.3 is 5.95 Å². The van der Waals surface area contributed by atoms with Crippen LogP contribution in [0.3, 0.4) is 0 Å². The zero-order valence-electron chi connectivity index (χ0n) is 8.54. The van der Waals surface area contributed by atoms with Crippen LogP contribution in [0.25, 0.3) is 0 Å². The van der Waals surface area contributed by atoms with E-state index in [1.165, 1.54) is 17.0 Å². The lowest BCUT2D eigenvalue weighted by Gasteiger charge is -2.10. The number of nitro groups is 1. The molecule has 0 saturated heterocycles. The van der Waals surface area contributed by atoms with Crippen molar-refractivity contribution in [2.45, 2.75) is 12.6 Å². The van der Waals surface area contributed by atoms with Gasteiger partial charge in [0.1, 0.15) is 12.4 Å². The number of hydrogen-bond acceptors (Lipinski definition) is 5. The molecule has 0 spiro atoms. The molecule has 0 bridgehead atoms. The summed E-state index contributed by atoms with van der Waals surface area (Å²) < 4.78 is 1.32. The third-order valence-corrected chi connectivity index (χ3v) is 2.31. The van der Waals surface area contributed by atoms with E-state index in [9.17, 15) is 15.2 Å². The summed E-state index contributed by atoms with van der Waals surface area (Å²) in [6.45, 7) is 1.29. The molecule has 1 aromatic rings. The Morgan fingerprint density at radius 2 is 2.50 bits per heavy atom. The average Bonchev–Trinajstić information content (AvgIpc) is 2.66. The van der Waals surface area contributed by atoms with Crippen molar-refractivity contribution in [3.05, 3.63) is 22.5 Å². The number of halogens is 1. The number of aromatic nitrogens is 2. The summed E-state index contributed by atoms with van der Waals surface area (Å²) in [4.78, 5) is 13.6. The van der Waals surface area contributed by atoms with Gasteiger partial charge in [-0.25, -0.2) is 4.57 Å². The van der Waals surface area contributed by atoms with Crippen molar-refractivity contribution in [1.82, 2.24) is 14.9 Å². The van der Waals surface area contributed by atoms with Gasteiger partial charge < -0.3 is 20.5 Å². The molecule has 1 atom stereocenters. The molecule has 0 saturated carbocycles. The Kier molecular flexibility index (Phi) is 5.36. The van der Waals surface area contributed by atoms with E-state index in [2.05, 4.69) is 26.2 Å². The molecule has 0 aromatic carbocycles. The van der Waals surface area contributed by atoms with Crippen molar-refractivity contribution >= 4 is 21.9 Å². The minimum Gasteiger partial charge on any atom is -0.390 e. The van der Waals surface area contributed by atoms with Crippen LogP contribution < -0.4 is 5.32 Å². The molecule has 7 nitrogen and oxygen atoms in total. The van der Waals surface area contributed by atoms with Gasteiger partial charge in [-0.15, -0.1) is 0 Å². The Morgan fingerprint density at radius 1 is 1.75 bits per heavy atom. The van der Waals surface area contributed by atoms with E-state index < -0.39 is 11.0 Å². The molecule has 0 amide bonds. The fourth-order valence-corrected chi connectivity index (χ4v) is 1.52. The highest BCUT2D eigenvalue weighted by molar-refractivity contribution is 9.09. The number of imidazole rings is 1. The van der Waals surface area contributed by atoms with E-state index in [1.54, 1.807) is 0 Å². The van der Waals surface area contributed by atoms with E-state index in [0.29, 0.717) is 6.54 Å². The van der Waals surface area contributed by atoms with Gasteiger partial charge in [0, 0.05) is 18.4 Å². The maximum absolute atomic E-state index is 10.5. The number of alkyl halides is 1. The maximum atomic E-state index is 10.5. The summed E-state index contributed by atoms with van der Waals surface area (Å²) in [7, 11) is 0. The third-order valence-electron chi connectivity index (χ3n) is 1.92. The molecule has 0 unspecified atom stereocenters. The second-order valence-corrected chi connectivity index (χ2v) is 3.98. The molecule has 2 N–H and O–H groups in total. The molecule has 0 aliphatic rings. The van der Waals surface area contributed by atoms with E-state index in [4.69, 9.17) is 0 Å². The fraction of sp³-hybridized carbons (Fsp3) is 0.625. The fourth-order valence-electron chi connectivity index (χ4n) is 1.24. The average molecular weight is 293 g/mol. The molecule has 0 radical (unpaired) electrons. The Bertz CT molecular complexity index is 344. The summed E-state index contributed by atoms with van der Waals surface area (Å²) in [5.74, 6) is -0.250. The van der Waals surface area contributed by atoms with Crippen molar-refractivity contribution in [3.8, 4) is 0 Å². The van der Waals surface area contributed by atoms with Crippen molar-refractivity contribution in [3.63, 3.8) is 0 Å². The molecule has 0 fully saturated rings. The van der Waals surface area contributed by atoms with Crippen LogP contribution in [0.15, 0.2) is 12.4 Å². The quantitative estimate of drug-likeness (QED) is 0.323. The van der Waals surface area contributed by atoms with Crippen molar-refractivity contribution < 1.29 is 10.0 Å². The SMILES string of the molecule is O=[N+]([O-])c1nccn1C[C@H](O)CNCCBr. The second kappa shape index (κ2) is 6.56. The van der Waals surface area contributed by atoms with Gasteiger partial charge in [0.05, 0.1) is 12.6 Å². The third kappa shape index (κ3) is 3.87. The number of aliphatic hydroxyl groups is 1. The van der Waals surface area contributed by atoms with Crippen molar-refractivity contribution in [2.24, 2.45) is 0 Å². The largest absolute Gasteiger partial charge is 0.434 e. The minimum absolute atomic E-state index is 0.158. The lowest BCUT2D eigenvalue weighted by molar-refractivity contribution is -0.397. The molecule has 1 heterocycles. The van der Waals surface area contributed by atoms with Gasteiger partial charge in [-0.3, -0.25) is 0 Å².